The van der Waals surface area contributed by atoms with Crippen molar-refractivity contribution in [3.05, 3.63) is 53.6 Å². The Kier molecular flexibility index (Phi) is 2.93. The summed E-state index contributed by atoms with van der Waals surface area (Å²) >= 11 is 1.11. The van der Waals surface area contributed by atoms with Gasteiger partial charge < -0.3 is 4.18 Å². The maximum atomic E-state index is 13.8. The van der Waals surface area contributed by atoms with Crippen molar-refractivity contribution in [2.45, 2.75) is 6.54 Å². The van der Waals surface area contributed by atoms with E-state index in [1.54, 1.807) is 6.07 Å². The van der Waals surface area contributed by atoms with E-state index in [4.69, 9.17) is 4.18 Å². The predicted octanol–water partition coefficient (Wildman–Crippen LogP) is 3.68. The fraction of sp³-hybridized carbons (Fsp3) is 0.0769. The van der Waals surface area contributed by atoms with Crippen LogP contribution in [0.15, 0.2) is 36.4 Å². The second-order valence-electron chi connectivity index (χ2n) is 3.91. The third-order valence-electron chi connectivity index (χ3n) is 2.76. The van der Waals surface area contributed by atoms with Crippen LogP contribution in [0.2, 0.25) is 0 Å². The quantitative estimate of drug-likeness (QED) is 0.628. The van der Waals surface area contributed by atoms with Gasteiger partial charge in [0.2, 0.25) is 0 Å². The fourth-order valence-electron chi connectivity index (χ4n) is 1.92. The lowest BCUT2D eigenvalue weighted by molar-refractivity contribution is 0.581. The van der Waals surface area contributed by atoms with E-state index in [1.165, 1.54) is 12.1 Å². The summed E-state index contributed by atoms with van der Waals surface area (Å²) in [5, 5.41) is 0. The van der Waals surface area contributed by atoms with Gasteiger partial charge in [-0.05, 0) is 12.1 Å². The largest absolute Gasteiger partial charge is 0.409 e. The summed E-state index contributed by atoms with van der Waals surface area (Å²) in [6.07, 6.45) is 0. The van der Waals surface area contributed by atoms with Crippen LogP contribution in [0.25, 0.3) is 11.1 Å². The van der Waals surface area contributed by atoms with Gasteiger partial charge in [0, 0.05) is 29.3 Å². The van der Waals surface area contributed by atoms with Gasteiger partial charge in [-0.3, -0.25) is 0 Å². The van der Waals surface area contributed by atoms with Crippen molar-refractivity contribution in [3.63, 3.8) is 0 Å². The number of para-hydroxylation sites is 1. The third kappa shape index (κ3) is 1.95. The highest BCUT2D eigenvalue weighted by molar-refractivity contribution is 7.93. The molecule has 0 unspecified atom stereocenters. The molecule has 1 N–H and O–H groups in total. The Balaban J connectivity index is 2.17. The highest BCUT2D eigenvalue weighted by Gasteiger charge is 2.18. The standard InChI is InChI=1S/C13H9F2NOS/c14-9-4-5-10(12(15)6-9)11-3-1-2-8-7-16-18-17-13(8)11/h1-6,16H,7H2. The third-order valence-corrected chi connectivity index (χ3v) is 3.28. The lowest BCUT2D eigenvalue weighted by Gasteiger charge is -2.19. The van der Waals surface area contributed by atoms with Crippen LogP contribution in [0.3, 0.4) is 0 Å². The molecule has 0 saturated carbocycles. The number of benzene rings is 2. The smallest absolute Gasteiger partial charge is 0.151 e. The lowest BCUT2D eigenvalue weighted by atomic mass is 10.0. The molecule has 2 aromatic rings. The van der Waals surface area contributed by atoms with E-state index in [2.05, 4.69) is 4.72 Å². The SMILES string of the molecule is Fc1ccc(-c2cccc3c2OSNC3)c(F)c1. The molecule has 0 atom stereocenters. The van der Waals surface area contributed by atoms with Crippen LogP contribution >= 0.6 is 12.2 Å². The predicted molar refractivity (Wildman–Crippen MR) is 66.9 cm³/mol. The monoisotopic (exact) mass is 265 g/mol. The fourth-order valence-corrected chi connectivity index (χ4v) is 2.47. The molecule has 1 aliphatic rings. The Morgan fingerprint density at radius 1 is 1.11 bits per heavy atom. The lowest BCUT2D eigenvalue weighted by Crippen LogP contribution is -2.13. The molecule has 2 nitrogen and oxygen atoms in total. The summed E-state index contributed by atoms with van der Waals surface area (Å²) in [6.45, 7) is 0.649. The van der Waals surface area contributed by atoms with Crippen molar-refractivity contribution < 1.29 is 13.0 Å². The topological polar surface area (TPSA) is 21.3 Å². The Morgan fingerprint density at radius 2 is 2.00 bits per heavy atom. The second kappa shape index (κ2) is 4.59. The van der Waals surface area contributed by atoms with Gasteiger partial charge in [0.15, 0.2) is 5.75 Å². The molecule has 0 spiro atoms. The van der Waals surface area contributed by atoms with Crippen LogP contribution in [0.4, 0.5) is 8.78 Å². The van der Waals surface area contributed by atoms with E-state index in [1.807, 2.05) is 12.1 Å². The maximum Gasteiger partial charge on any atom is 0.151 e. The number of nitrogens with one attached hydrogen (secondary N) is 1. The van der Waals surface area contributed by atoms with Crippen molar-refractivity contribution in [2.75, 3.05) is 0 Å². The summed E-state index contributed by atoms with van der Waals surface area (Å²) in [4.78, 5) is 0. The van der Waals surface area contributed by atoms with Gasteiger partial charge in [0.25, 0.3) is 0 Å². The molecular weight excluding hydrogens is 256 g/mol. The molecule has 0 radical (unpaired) electrons. The highest BCUT2D eigenvalue weighted by atomic mass is 32.2. The van der Waals surface area contributed by atoms with Crippen molar-refractivity contribution in [1.29, 1.82) is 0 Å². The zero-order valence-corrected chi connectivity index (χ0v) is 10.1. The average molecular weight is 265 g/mol. The van der Waals surface area contributed by atoms with Gasteiger partial charge in [0.1, 0.15) is 23.9 Å². The first-order valence-electron chi connectivity index (χ1n) is 5.39. The van der Waals surface area contributed by atoms with E-state index >= 15 is 0 Å². The number of hydrogen-bond acceptors (Lipinski definition) is 3. The van der Waals surface area contributed by atoms with Crippen LogP contribution in [0.5, 0.6) is 5.75 Å². The van der Waals surface area contributed by atoms with Crippen molar-refractivity contribution >= 4 is 12.2 Å². The minimum atomic E-state index is -0.587. The van der Waals surface area contributed by atoms with Gasteiger partial charge in [0.05, 0.1) is 0 Å². The van der Waals surface area contributed by atoms with E-state index < -0.39 is 11.6 Å². The summed E-state index contributed by atoms with van der Waals surface area (Å²) < 4.78 is 35.1. The van der Waals surface area contributed by atoms with Gasteiger partial charge in [-0.1, -0.05) is 18.2 Å². The molecule has 0 aromatic heterocycles. The van der Waals surface area contributed by atoms with Crippen molar-refractivity contribution in [1.82, 2.24) is 4.72 Å². The molecule has 0 bridgehead atoms. The average Bonchev–Trinajstić information content (AvgIpc) is 2.38. The molecule has 1 aliphatic heterocycles. The summed E-state index contributed by atoms with van der Waals surface area (Å²) in [5.74, 6) is -0.541. The number of rotatable bonds is 1. The van der Waals surface area contributed by atoms with Gasteiger partial charge in [-0.25, -0.2) is 13.5 Å². The van der Waals surface area contributed by atoms with Crippen LogP contribution in [-0.2, 0) is 6.54 Å². The van der Waals surface area contributed by atoms with Gasteiger partial charge in [-0.15, -0.1) is 0 Å². The molecule has 3 rings (SSSR count). The molecule has 2 aromatic carbocycles. The molecule has 18 heavy (non-hydrogen) atoms. The van der Waals surface area contributed by atoms with Crippen LogP contribution < -0.4 is 8.91 Å². The summed E-state index contributed by atoms with van der Waals surface area (Å²) in [6, 6.07) is 9.05. The molecule has 0 saturated heterocycles. The minimum Gasteiger partial charge on any atom is -0.409 e. The van der Waals surface area contributed by atoms with Crippen LogP contribution in [0, 0.1) is 11.6 Å². The molecular formula is C13H9F2NOS. The zero-order chi connectivity index (χ0) is 12.5. The normalized spacial score (nSPS) is 13.9. The zero-order valence-electron chi connectivity index (χ0n) is 9.24. The first-order chi connectivity index (χ1) is 8.75. The van der Waals surface area contributed by atoms with Crippen LogP contribution in [-0.4, -0.2) is 0 Å². The second-order valence-corrected chi connectivity index (χ2v) is 4.53. The Hall–Kier alpha value is -1.59. The maximum absolute atomic E-state index is 13.8. The Bertz CT molecular complexity index is 604. The van der Waals surface area contributed by atoms with Crippen LogP contribution in [0.1, 0.15) is 5.56 Å². The van der Waals surface area contributed by atoms with Gasteiger partial charge in [-0.2, -0.15) is 0 Å². The molecule has 1 heterocycles. The molecule has 5 heteroatoms. The molecule has 92 valence electrons. The van der Waals surface area contributed by atoms with Gasteiger partial charge >= 0.3 is 0 Å². The minimum absolute atomic E-state index is 0.343. The van der Waals surface area contributed by atoms with Crippen molar-refractivity contribution in [2.24, 2.45) is 0 Å². The Labute approximate surface area is 107 Å². The first-order valence-corrected chi connectivity index (χ1v) is 6.13. The number of hydrogen-bond donors (Lipinski definition) is 1. The Morgan fingerprint density at radius 3 is 2.83 bits per heavy atom. The summed E-state index contributed by atoms with van der Waals surface area (Å²) in [5.41, 5.74) is 1.93. The van der Waals surface area contributed by atoms with E-state index in [-0.39, 0.29) is 0 Å². The highest BCUT2D eigenvalue weighted by Crippen LogP contribution is 2.38. The summed E-state index contributed by atoms with van der Waals surface area (Å²) in [7, 11) is 0. The van der Waals surface area contributed by atoms with E-state index in [0.717, 1.165) is 23.9 Å². The van der Waals surface area contributed by atoms with E-state index in [9.17, 15) is 8.78 Å². The molecule has 0 fully saturated rings. The molecule has 0 amide bonds. The van der Waals surface area contributed by atoms with E-state index in [0.29, 0.717) is 23.4 Å². The number of halogens is 2. The number of fused-ring (bicyclic) bond motifs is 1. The van der Waals surface area contributed by atoms with Crippen molar-refractivity contribution in [3.8, 4) is 16.9 Å². The first kappa shape index (κ1) is 11.5. The molecule has 0 aliphatic carbocycles.